The largest absolute Gasteiger partial charge is 0.403 e. The van der Waals surface area contributed by atoms with E-state index in [0.717, 1.165) is 16.6 Å². The van der Waals surface area contributed by atoms with E-state index in [-0.39, 0.29) is 0 Å². The monoisotopic (exact) mass is 428 g/mol. The van der Waals surface area contributed by atoms with Gasteiger partial charge in [-0.3, -0.25) is 0 Å². The summed E-state index contributed by atoms with van der Waals surface area (Å²) in [6.07, 6.45) is 0. The SMILES string of the molecule is ClC1=NSS2=C1N=C(CSc1cccc(I)c1)O2. The zero-order chi connectivity index (χ0) is 12.5. The first kappa shape index (κ1) is 13.3. The Morgan fingerprint density at radius 3 is 3.17 bits per heavy atom. The summed E-state index contributed by atoms with van der Waals surface area (Å²) in [7, 11) is 0.937. The molecule has 0 spiro atoms. The van der Waals surface area contributed by atoms with Gasteiger partial charge >= 0.3 is 0 Å². The molecule has 18 heavy (non-hydrogen) atoms. The molecule has 1 aromatic carbocycles. The van der Waals surface area contributed by atoms with E-state index in [1.165, 1.54) is 19.4 Å². The smallest absolute Gasteiger partial charge is 0.216 e. The van der Waals surface area contributed by atoms with E-state index >= 15 is 0 Å². The molecule has 8 heteroatoms. The fraction of sp³-hybridized carbons (Fsp3) is 0.100. The minimum atomic E-state index is -0.411. The molecule has 1 aromatic rings. The molecule has 2 heterocycles. The van der Waals surface area contributed by atoms with Crippen LogP contribution < -0.4 is 0 Å². The highest BCUT2D eigenvalue weighted by molar-refractivity contribution is 14.1. The van der Waals surface area contributed by atoms with E-state index < -0.39 is 9.80 Å². The molecule has 0 amide bonds. The van der Waals surface area contributed by atoms with Crippen LogP contribution in [0.5, 0.6) is 0 Å². The first-order valence-corrected chi connectivity index (χ1v) is 9.77. The van der Waals surface area contributed by atoms with Gasteiger partial charge in [0.25, 0.3) is 0 Å². The molecule has 0 fully saturated rings. The lowest BCUT2D eigenvalue weighted by molar-refractivity contribution is 0.656. The summed E-state index contributed by atoms with van der Waals surface area (Å²) in [6, 6.07) is 8.34. The maximum Gasteiger partial charge on any atom is 0.216 e. The van der Waals surface area contributed by atoms with Crippen LogP contribution >= 0.6 is 66.7 Å². The molecule has 0 radical (unpaired) electrons. The molecule has 0 aliphatic carbocycles. The van der Waals surface area contributed by atoms with E-state index in [0.29, 0.717) is 5.17 Å². The van der Waals surface area contributed by atoms with Crippen molar-refractivity contribution in [2.75, 3.05) is 5.75 Å². The van der Waals surface area contributed by atoms with Crippen LogP contribution in [0.1, 0.15) is 0 Å². The molecular weight excluding hydrogens is 423 g/mol. The van der Waals surface area contributed by atoms with Crippen molar-refractivity contribution in [1.82, 2.24) is 0 Å². The Morgan fingerprint density at radius 1 is 1.50 bits per heavy atom. The number of thioether (sulfide) groups is 1. The maximum absolute atomic E-state index is 5.92. The average Bonchev–Trinajstić information content (AvgIpc) is 2.90. The van der Waals surface area contributed by atoms with Crippen LogP contribution in [-0.2, 0) is 4.18 Å². The summed E-state index contributed by atoms with van der Waals surface area (Å²) >= 11 is 9.93. The van der Waals surface area contributed by atoms with Gasteiger partial charge in [-0.2, -0.15) is 4.40 Å². The highest BCUT2D eigenvalue weighted by Gasteiger charge is 2.27. The lowest BCUT2D eigenvalue weighted by Gasteiger charge is -2.03. The van der Waals surface area contributed by atoms with E-state index in [1.54, 1.807) is 11.8 Å². The van der Waals surface area contributed by atoms with Crippen molar-refractivity contribution in [3.63, 3.8) is 0 Å². The zero-order valence-corrected chi connectivity index (χ0v) is 14.2. The number of aliphatic imine (C=N–C) groups is 1. The van der Waals surface area contributed by atoms with Crippen LogP contribution in [0.2, 0.25) is 0 Å². The fourth-order valence-corrected chi connectivity index (χ4v) is 5.97. The van der Waals surface area contributed by atoms with Crippen molar-refractivity contribution < 1.29 is 4.18 Å². The Bertz CT molecular complexity index is 603. The van der Waals surface area contributed by atoms with Crippen molar-refractivity contribution in [2.45, 2.75) is 4.90 Å². The van der Waals surface area contributed by atoms with Crippen LogP contribution in [0, 0.1) is 3.57 Å². The normalized spacial score (nSPS) is 21.4. The molecule has 1 unspecified atom stereocenters. The summed E-state index contributed by atoms with van der Waals surface area (Å²) < 4.78 is 10.9. The van der Waals surface area contributed by atoms with E-state index in [1.807, 2.05) is 6.07 Å². The van der Waals surface area contributed by atoms with Crippen molar-refractivity contribution in [1.29, 1.82) is 0 Å². The minimum absolute atomic E-state index is 0.411. The summed E-state index contributed by atoms with van der Waals surface area (Å²) in [4.78, 5) is 6.38. The van der Waals surface area contributed by atoms with Gasteiger partial charge in [0.1, 0.15) is 9.80 Å². The maximum atomic E-state index is 5.92. The highest BCUT2D eigenvalue weighted by atomic mass is 127. The summed E-state index contributed by atoms with van der Waals surface area (Å²) in [5.74, 6) is 1.45. The molecule has 1 atom stereocenters. The third kappa shape index (κ3) is 2.90. The average molecular weight is 429 g/mol. The summed E-state index contributed by atoms with van der Waals surface area (Å²) in [6.45, 7) is 0. The minimum Gasteiger partial charge on any atom is -0.403 e. The van der Waals surface area contributed by atoms with Crippen molar-refractivity contribution in [3.05, 3.63) is 27.8 Å². The first-order valence-electron chi connectivity index (χ1n) is 4.89. The van der Waals surface area contributed by atoms with E-state index in [4.69, 9.17) is 15.8 Å². The molecule has 0 saturated carbocycles. The van der Waals surface area contributed by atoms with Gasteiger partial charge in [0.2, 0.25) is 5.90 Å². The lowest BCUT2D eigenvalue weighted by Crippen LogP contribution is -2.03. The Hall–Kier alpha value is 0.300. The second-order valence-corrected chi connectivity index (χ2v) is 8.69. The number of halogens is 2. The predicted octanol–water partition coefficient (Wildman–Crippen LogP) is 4.34. The van der Waals surface area contributed by atoms with Gasteiger partial charge in [-0.15, -0.1) is 11.8 Å². The molecule has 2 aliphatic heterocycles. The quantitative estimate of drug-likeness (QED) is 0.236. The molecule has 3 nitrogen and oxygen atoms in total. The number of benzene rings is 1. The second-order valence-electron chi connectivity index (χ2n) is 3.33. The van der Waals surface area contributed by atoms with Gasteiger partial charge in [-0.1, -0.05) is 17.7 Å². The first-order chi connectivity index (χ1) is 8.72. The molecule has 3 rings (SSSR count). The molecule has 0 aromatic heterocycles. The summed E-state index contributed by atoms with van der Waals surface area (Å²) in [5.41, 5.74) is 0. The van der Waals surface area contributed by atoms with Crippen LogP contribution in [-0.4, -0.2) is 21.8 Å². The molecule has 0 bridgehead atoms. The Labute approximate surface area is 134 Å². The van der Waals surface area contributed by atoms with Crippen LogP contribution in [0.4, 0.5) is 0 Å². The van der Waals surface area contributed by atoms with Gasteiger partial charge in [0, 0.05) is 8.47 Å². The van der Waals surface area contributed by atoms with Gasteiger partial charge in [-0.05, 0) is 40.8 Å². The van der Waals surface area contributed by atoms with Crippen molar-refractivity contribution >= 4 is 82.8 Å². The lowest BCUT2D eigenvalue weighted by atomic mass is 10.4. The number of hydrogen-bond acceptors (Lipinski definition) is 5. The van der Waals surface area contributed by atoms with Crippen molar-refractivity contribution in [3.8, 4) is 0 Å². The topological polar surface area (TPSA) is 34.0 Å². The van der Waals surface area contributed by atoms with Crippen LogP contribution in [0.15, 0.2) is 38.6 Å². The van der Waals surface area contributed by atoms with Gasteiger partial charge < -0.3 is 4.18 Å². The standard InChI is InChI=1S/C10H6ClIN2OS3/c11-9-10-13-8(15-18(10)17-14-9)5-16-7-3-1-2-6(12)4-7/h1-4H,5H2. The molecule has 94 valence electrons. The van der Waals surface area contributed by atoms with Crippen LogP contribution in [0.3, 0.4) is 0 Å². The second kappa shape index (κ2) is 5.74. The fourth-order valence-electron chi connectivity index (χ4n) is 1.33. The molecule has 0 N–H and O–H groups in total. The van der Waals surface area contributed by atoms with Gasteiger partial charge in [0.05, 0.1) is 16.7 Å². The molecule has 0 saturated heterocycles. The van der Waals surface area contributed by atoms with Gasteiger partial charge in [0.15, 0.2) is 10.2 Å². The van der Waals surface area contributed by atoms with E-state index in [9.17, 15) is 0 Å². The Morgan fingerprint density at radius 2 is 2.39 bits per heavy atom. The Balaban J connectivity index is 1.63. The third-order valence-electron chi connectivity index (χ3n) is 2.08. The van der Waals surface area contributed by atoms with E-state index in [2.05, 4.69) is 50.2 Å². The third-order valence-corrected chi connectivity index (χ3v) is 6.85. The van der Waals surface area contributed by atoms with Gasteiger partial charge in [-0.25, -0.2) is 4.99 Å². The predicted molar refractivity (Wildman–Crippen MR) is 91.9 cm³/mol. The number of rotatable bonds is 3. The summed E-state index contributed by atoms with van der Waals surface area (Å²) in [5, 5.41) is 0.470. The van der Waals surface area contributed by atoms with Crippen LogP contribution in [0.25, 0.3) is 0 Å². The number of nitrogens with zero attached hydrogens (tertiary/aromatic N) is 2. The highest BCUT2D eigenvalue weighted by Crippen LogP contribution is 2.44. The van der Waals surface area contributed by atoms with Crippen molar-refractivity contribution in [2.24, 2.45) is 9.39 Å². The number of hydrogen-bond donors (Lipinski definition) is 0. The zero-order valence-electron chi connectivity index (χ0n) is 8.80. The molecule has 2 aliphatic rings. The molecular formula is C10H6ClIN2OS3. The Kier molecular flexibility index (Phi) is 4.24.